The van der Waals surface area contributed by atoms with Crippen molar-refractivity contribution >= 4 is 23.7 Å². The van der Waals surface area contributed by atoms with Gasteiger partial charge in [-0.2, -0.15) is 0 Å². The average Bonchev–Trinajstić information content (AvgIpc) is 2.70. The Morgan fingerprint density at radius 3 is 1.67 bits per heavy atom. The third-order valence-electron chi connectivity index (χ3n) is 5.06. The normalized spacial score (nSPS) is 15.9. The number of carbonyl (C=O) groups is 4. The lowest BCUT2D eigenvalue weighted by Crippen LogP contribution is -2.58. The summed E-state index contributed by atoms with van der Waals surface area (Å²) in [7, 11) is 0. The predicted molar refractivity (Wildman–Crippen MR) is 125 cm³/mol. The van der Waals surface area contributed by atoms with Crippen molar-refractivity contribution in [1.82, 2.24) is 16.0 Å². The highest BCUT2D eigenvalue weighted by atomic mass is 16.4. The number of rotatable bonds is 16. The topological polar surface area (TPSA) is 197 Å². The zero-order chi connectivity index (χ0) is 25.7. The fourth-order valence-corrected chi connectivity index (χ4v) is 3.19. The van der Waals surface area contributed by atoms with Crippen molar-refractivity contribution in [3.8, 4) is 0 Å². The Morgan fingerprint density at radius 2 is 1.21 bits per heavy atom. The molecule has 33 heavy (non-hydrogen) atoms. The molecule has 0 fully saturated rings. The van der Waals surface area contributed by atoms with Crippen LogP contribution in [0, 0.1) is 11.8 Å². The summed E-state index contributed by atoms with van der Waals surface area (Å²) in [6.07, 6.45) is 0.865. The van der Waals surface area contributed by atoms with E-state index in [0.717, 1.165) is 0 Å². The number of hydrogen-bond donors (Lipinski definition) is 7. The van der Waals surface area contributed by atoms with E-state index in [0.29, 0.717) is 19.4 Å². The van der Waals surface area contributed by atoms with Crippen LogP contribution in [-0.2, 0) is 19.2 Å². The smallest absolute Gasteiger partial charge is 0.326 e. The van der Waals surface area contributed by atoms with Gasteiger partial charge < -0.3 is 37.6 Å². The van der Waals surface area contributed by atoms with E-state index in [9.17, 15) is 29.4 Å². The van der Waals surface area contributed by atoms with Gasteiger partial charge in [0.25, 0.3) is 0 Å². The molecule has 9 N–H and O–H groups in total. The number of nitrogens with one attached hydrogen (secondary N) is 3. The number of carboxylic acids is 1. The fourth-order valence-electron chi connectivity index (χ4n) is 3.19. The molecule has 0 bridgehead atoms. The van der Waals surface area contributed by atoms with Gasteiger partial charge in [-0.05, 0) is 57.4 Å². The fraction of sp³-hybridized carbons (Fsp3) is 0.818. The minimum absolute atomic E-state index is 0.0378. The largest absolute Gasteiger partial charge is 0.480 e. The molecule has 0 aliphatic heterocycles. The quantitative estimate of drug-likeness (QED) is 0.145. The van der Waals surface area contributed by atoms with Crippen LogP contribution in [0.15, 0.2) is 0 Å². The molecule has 0 spiro atoms. The highest BCUT2D eigenvalue weighted by Gasteiger charge is 2.31. The lowest BCUT2D eigenvalue weighted by atomic mass is 10.0. The second-order valence-electron chi connectivity index (χ2n) is 9.33. The lowest BCUT2D eigenvalue weighted by Gasteiger charge is -2.26. The number of aliphatic carboxylic acids is 1. The zero-order valence-electron chi connectivity index (χ0n) is 20.5. The number of aliphatic hydroxyl groups is 1. The standard InChI is InChI=1S/C22H43N5O6/c1-12(2)10-16(26-21(31)18(24)14(5)28)20(30)25-15(8-6-7-9-23)19(29)27-17(22(32)33)11-13(3)4/h12-18,28H,6-11,23-24H2,1-5H3,(H,25,30)(H,26,31)(H,27,29)(H,32,33). The van der Waals surface area contributed by atoms with Gasteiger partial charge in [0, 0.05) is 0 Å². The molecular weight excluding hydrogens is 430 g/mol. The summed E-state index contributed by atoms with van der Waals surface area (Å²) >= 11 is 0. The highest BCUT2D eigenvalue weighted by Crippen LogP contribution is 2.10. The van der Waals surface area contributed by atoms with Crippen LogP contribution in [0.5, 0.6) is 0 Å². The number of carboxylic acid groups (broad SMARTS) is 1. The van der Waals surface area contributed by atoms with Crippen molar-refractivity contribution in [3.63, 3.8) is 0 Å². The maximum Gasteiger partial charge on any atom is 0.326 e. The summed E-state index contributed by atoms with van der Waals surface area (Å²) in [5.41, 5.74) is 11.2. The van der Waals surface area contributed by atoms with Crippen LogP contribution < -0.4 is 27.4 Å². The van der Waals surface area contributed by atoms with E-state index in [1.165, 1.54) is 6.92 Å². The molecule has 11 nitrogen and oxygen atoms in total. The van der Waals surface area contributed by atoms with Crippen LogP contribution in [0.2, 0.25) is 0 Å². The molecular formula is C22H43N5O6. The molecule has 5 unspecified atom stereocenters. The zero-order valence-corrected chi connectivity index (χ0v) is 20.5. The van der Waals surface area contributed by atoms with Crippen molar-refractivity contribution in [3.05, 3.63) is 0 Å². The molecule has 0 aromatic rings. The Labute approximate surface area is 196 Å². The molecule has 0 saturated heterocycles. The van der Waals surface area contributed by atoms with Crippen LogP contribution in [0.1, 0.15) is 66.7 Å². The van der Waals surface area contributed by atoms with Gasteiger partial charge in [-0.1, -0.05) is 27.7 Å². The number of aliphatic hydroxyl groups excluding tert-OH is 1. The van der Waals surface area contributed by atoms with E-state index >= 15 is 0 Å². The monoisotopic (exact) mass is 473 g/mol. The number of amides is 3. The molecule has 3 amide bonds. The molecule has 192 valence electrons. The number of unbranched alkanes of at least 4 members (excludes halogenated alkanes) is 1. The van der Waals surface area contributed by atoms with Crippen LogP contribution in [-0.4, -0.2) is 70.7 Å². The minimum Gasteiger partial charge on any atom is -0.480 e. The van der Waals surface area contributed by atoms with Crippen molar-refractivity contribution < 1.29 is 29.4 Å². The molecule has 0 radical (unpaired) electrons. The predicted octanol–water partition coefficient (Wildman–Crippen LogP) is -0.545. The highest BCUT2D eigenvalue weighted by molar-refractivity contribution is 5.94. The van der Waals surface area contributed by atoms with Gasteiger partial charge in [-0.25, -0.2) is 4.79 Å². The maximum atomic E-state index is 13.0. The van der Waals surface area contributed by atoms with Gasteiger partial charge >= 0.3 is 5.97 Å². The van der Waals surface area contributed by atoms with Gasteiger partial charge in [0.1, 0.15) is 24.2 Å². The molecule has 0 heterocycles. The van der Waals surface area contributed by atoms with Crippen molar-refractivity contribution in [1.29, 1.82) is 0 Å². The van der Waals surface area contributed by atoms with E-state index in [1.807, 2.05) is 27.7 Å². The summed E-state index contributed by atoms with van der Waals surface area (Å²) in [4.78, 5) is 49.7. The second-order valence-corrected chi connectivity index (χ2v) is 9.33. The summed E-state index contributed by atoms with van der Waals surface area (Å²) in [5.74, 6) is -2.95. The van der Waals surface area contributed by atoms with E-state index in [4.69, 9.17) is 11.5 Å². The van der Waals surface area contributed by atoms with E-state index in [-0.39, 0.29) is 31.1 Å². The van der Waals surface area contributed by atoms with Crippen LogP contribution >= 0.6 is 0 Å². The summed E-state index contributed by atoms with van der Waals surface area (Å²) in [5, 5.41) is 26.7. The Bertz CT molecular complexity index is 641. The van der Waals surface area contributed by atoms with Crippen molar-refractivity contribution in [2.24, 2.45) is 23.3 Å². The lowest BCUT2D eigenvalue weighted by molar-refractivity contribution is -0.143. The van der Waals surface area contributed by atoms with E-state index in [2.05, 4.69) is 16.0 Å². The van der Waals surface area contributed by atoms with Gasteiger partial charge in [0.2, 0.25) is 17.7 Å². The first-order valence-corrected chi connectivity index (χ1v) is 11.6. The first-order valence-electron chi connectivity index (χ1n) is 11.6. The Morgan fingerprint density at radius 1 is 0.758 bits per heavy atom. The van der Waals surface area contributed by atoms with E-state index < -0.39 is 54.0 Å². The summed E-state index contributed by atoms with van der Waals surface area (Å²) < 4.78 is 0. The Kier molecular flexibility index (Phi) is 14.5. The number of hydrogen-bond acceptors (Lipinski definition) is 7. The molecule has 5 atom stereocenters. The first-order chi connectivity index (χ1) is 15.3. The van der Waals surface area contributed by atoms with Crippen LogP contribution in [0.4, 0.5) is 0 Å². The SMILES string of the molecule is CC(C)CC(NC(=O)C(CCCCN)NC(=O)C(CC(C)C)NC(=O)C(N)C(C)O)C(=O)O. The maximum absolute atomic E-state index is 13.0. The molecule has 0 aromatic heterocycles. The van der Waals surface area contributed by atoms with E-state index in [1.54, 1.807) is 0 Å². The molecule has 11 heteroatoms. The van der Waals surface area contributed by atoms with Crippen LogP contribution in [0.3, 0.4) is 0 Å². The van der Waals surface area contributed by atoms with Crippen molar-refractivity contribution in [2.45, 2.75) is 97.0 Å². The number of nitrogens with two attached hydrogens (primary N) is 2. The third kappa shape index (κ3) is 12.5. The Hall–Kier alpha value is -2.24. The van der Waals surface area contributed by atoms with Gasteiger partial charge in [0.15, 0.2) is 0 Å². The molecule has 0 aromatic carbocycles. The molecule has 0 saturated carbocycles. The number of carbonyl (C=O) groups excluding carboxylic acids is 3. The minimum atomic E-state index is -1.21. The summed E-state index contributed by atoms with van der Waals surface area (Å²) in [6.45, 7) is 9.22. The average molecular weight is 474 g/mol. The van der Waals surface area contributed by atoms with Crippen LogP contribution in [0.25, 0.3) is 0 Å². The van der Waals surface area contributed by atoms with Gasteiger partial charge in [-0.15, -0.1) is 0 Å². The molecule has 0 aliphatic carbocycles. The van der Waals surface area contributed by atoms with Crippen molar-refractivity contribution in [2.75, 3.05) is 6.54 Å². The Balaban J connectivity index is 5.52. The van der Waals surface area contributed by atoms with Gasteiger partial charge in [0.05, 0.1) is 6.10 Å². The second kappa shape index (κ2) is 15.6. The molecule has 0 aliphatic rings. The molecule has 0 rings (SSSR count). The summed E-state index contributed by atoms with van der Waals surface area (Å²) in [6, 6.07) is -4.25. The third-order valence-corrected chi connectivity index (χ3v) is 5.06. The first kappa shape index (κ1) is 30.8. The van der Waals surface area contributed by atoms with Gasteiger partial charge in [-0.3, -0.25) is 14.4 Å².